The van der Waals surface area contributed by atoms with E-state index in [4.69, 9.17) is 16.3 Å². The quantitative estimate of drug-likeness (QED) is 0.218. The van der Waals surface area contributed by atoms with Gasteiger partial charge in [0, 0.05) is 17.2 Å². The van der Waals surface area contributed by atoms with Crippen LogP contribution in [0.25, 0.3) is 0 Å². The Bertz CT molecular complexity index is 1320. The van der Waals surface area contributed by atoms with Crippen molar-refractivity contribution in [3.05, 3.63) is 110 Å². The van der Waals surface area contributed by atoms with Gasteiger partial charge in [0.25, 0.3) is 11.6 Å². The van der Waals surface area contributed by atoms with Crippen LogP contribution in [0.4, 0.5) is 5.69 Å². The lowest BCUT2D eigenvalue weighted by atomic mass is 9.88. The summed E-state index contributed by atoms with van der Waals surface area (Å²) in [5.74, 6) is -1.91. The fourth-order valence-electron chi connectivity index (χ4n) is 4.16. The lowest BCUT2D eigenvalue weighted by molar-refractivity contribution is -0.384. The van der Waals surface area contributed by atoms with Crippen LogP contribution in [0.3, 0.4) is 0 Å². The fourth-order valence-corrected chi connectivity index (χ4v) is 4.34. The molecule has 3 aromatic rings. The lowest BCUT2D eigenvalue weighted by Crippen LogP contribution is -2.34. The van der Waals surface area contributed by atoms with E-state index in [1.165, 1.54) is 29.8 Å². The topological polar surface area (TPSA) is 116 Å². The van der Waals surface area contributed by atoms with E-state index in [-0.39, 0.29) is 27.8 Å². The number of carbonyl (C=O) groups excluding carboxylic acids is 3. The standard InChI is InChI=1S/C26H21ClN2O6/c27-21-13-12-17(14-23(21)29(33)34)25(31)19-9-3-4-10-20(19)26(32)35-15-24(30)28-22-11-5-7-16-6-1-2-8-18(16)22/h1-4,6,8-10,12-14,22H,5,7,11,15H2,(H,28,30). The second-order valence-corrected chi connectivity index (χ2v) is 8.49. The number of nitro benzene ring substituents is 1. The zero-order chi connectivity index (χ0) is 24.9. The molecule has 9 heteroatoms. The smallest absolute Gasteiger partial charge is 0.339 e. The van der Waals surface area contributed by atoms with Crippen molar-refractivity contribution in [1.29, 1.82) is 0 Å². The molecule has 1 N–H and O–H groups in total. The molecule has 0 aromatic heterocycles. The second kappa shape index (κ2) is 10.5. The largest absolute Gasteiger partial charge is 0.452 e. The zero-order valence-electron chi connectivity index (χ0n) is 18.5. The molecule has 35 heavy (non-hydrogen) atoms. The van der Waals surface area contributed by atoms with Crippen molar-refractivity contribution in [2.24, 2.45) is 0 Å². The van der Waals surface area contributed by atoms with E-state index in [1.807, 2.05) is 24.3 Å². The molecule has 178 valence electrons. The number of halogens is 1. The average Bonchev–Trinajstić information content (AvgIpc) is 2.87. The van der Waals surface area contributed by atoms with Gasteiger partial charge in [-0.2, -0.15) is 0 Å². The maximum absolute atomic E-state index is 13.0. The summed E-state index contributed by atoms with van der Waals surface area (Å²) < 4.78 is 5.19. The molecule has 1 aliphatic carbocycles. The number of amides is 1. The first-order chi connectivity index (χ1) is 16.8. The highest BCUT2D eigenvalue weighted by Gasteiger charge is 2.24. The Hall–Kier alpha value is -4.04. The molecule has 0 bridgehead atoms. The first-order valence-electron chi connectivity index (χ1n) is 11.0. The number of ketones is 1. The van der Waals surface area contributed by atoms with Crippen LogP contribution in [0.1, 0.15) is 56.3 Å². The number of rotatable bonds is 7. The highest BCUT2D eigenvalue weighted by atomic mass is 35.5. The molecule has 0 radical (unpaired) electrons. The van der Waals surface area contributed by atoms with Crippen LogP contribution in [-0.2, 0) is 16.0 Å². The predicted octanol–water partition coefficient (Wildman–Crippen LogP) is 4.83. The Balaban J connectivity index is 1.45. The third-order valence-corrected chi connectivity index (χ3v) is 6.16. The number of benzene rings is 3. The number of hydrogen-bond acceptors (Lipinski definition) is 6. The van der Waals surface area contributed by atoms with Crippen LogP contribution >= 0.6 is 11.6 Å². The van der Waals surface area contributed by atoms with Gasteiger partial charge in [-0.15, -0.1) is 0 Å². The second-order valence-electron chi connectivity index (χ2n) is 8.09. The zero-order valence-corrected chi connectivity index (χ0v) is 19.3. The monoisotopic (exact) mass is 492 g/mol. The summed E-state index contributed by atoms with van der Waals surface area (Å²) in [6.45, 7) is -0.507. The van der Waals surface area contributed by atoms with Crippen LogP contribution in [0.2, 0.25) is 5.02 Å². The van der Waals surface area contributed by atoms with Gasteiger partial charge in [0.1, 0.15) is 5.02 Å². The van der Waals surface area contributed by atoms with E-state index in [0.717, 1.165) is 30.9 Å². The van der Waals surface area contributed by atoms with E-state index in [2.05, 4.69) is 5.32 Å². The van der Waals surface area contributed by atoms with Crippen molar-refractivity contribution in [2.75, 3.05) is 6.61 Å². The van der Waals surface area contributed by atoms with E-state index >= 15 is 0 Å². The number of aryl methyl sites for hydroxylation is 1. The molecule has 0 saturated heterocycles. The third-order valence-electron chi connectivity index (χ3n) is 5.84. The molecule has 8 nitrogen and oxygen atoms in total. The SMILES string of the molecule is O=C(COC(=O)c1ccccc1C(=O)c1ccc(Cl)c([N+](=O)[O-])c1)NC1CCCc2ccccc21. The van der Waals surface area contributed by atoms with Crippen molar-refractivity contribution in [3.63, 3.8) is 0 Å². The van der Waals surface area contributed by atoms with Gasteiger partial charge >= 0.3 is 5.97 Å². The number of nitro groups is 1. The van der Waals surface area contributed by atoms with Gasteiger partial charge in [0.2, 0.25) is 0 Å². The van der Waals surface area contributed by atoms with Crippen LogP contribution in [0.15, 0.2) is 66.7 Å². The van der Waals surface area contributed by atoms with Gasteiger partial charge in [-0.1, -0.05) is 54.1 Å². The maximum Gasteiger partial charge on any atom is 0.339 e. The summed E-state index contributed by atoms with van der Waals surface area (Å²) in [4.78, 5) is 48.7. The number of fused-ring (bicyclic) bond motifs is 1. The molecule has 4 rings (SSSR count). The maximum atomic E-state index is 13.0. The summed E-state index contributed by atoms with van der Waals surface area (Å²) >= 11 is 5.83. The van der Waals surface area contributed by atoms with Crippen LogP contribution < -0.4 is 5.32 Å². The van der Waals surface area contributed by atoms with Gasteiger partial charge in [-0.3, -0.25) is 19.7 Å². The minimum atomic E-state index is -0.850. The Morgan fingerprint density at radius 2 is 1.74 bits per heavy atom. The lowest BCUT2D eigenvalue weighted by Gasteiger charge is -2.26. The molecule has 3 aromatic carbocycles. The molecule has 0 fully saturated rings. The summed E-state index contributed by atoms with van der Waals surface area (Å²) in [6, 6.07) is 17.3. The van der Waals surface area contributed by atoms with E-state index in [9.17, 15) is 24.5 Å². The van der Waals surface area contributed by atoms with Crippen LogP contribution in [0, 0.1) is 10.1 Å². The minimum Gasteiger partial charge on any atom is -0.452 e. The number of carbonyl (C=O) groups is 3. The first kappa shape index (κ1) is 24.1. The van der Waals surface area contributed by atoms with E-state index in [1.54, 1.807) is 12.1 Å². The van der Waals surface area contributed by atoms with Gasteiger partial charge in [-0.05, 0) is 48.6 Å². The van der Waals surface area contributed by atoms with Crippen LogP contribution in [0.5, 0.6) is 0 Å². The number of nitrogens with zero attached hydrogens (tertiary/aromatic N) is 1. The third kappa shape index (κ3) is 5.38. The highest BCUT2D eigenvalue weighted by Crippen LogP contribution is 2.29. The Morgan fingerprint density at radius 1 is 1.03 bits per heavy atom. The molecular weight excluding hydrogens is 472 g/mol. The Labute approximate surface area is 206 Å². The van der Waals surface area contributed by atoms with Gasteiger partial charge in [0.15, 0.2) is 12.4 Å². The van der Waals surface area contributed by atoms with Crippen LogP contribution in [-0.4, -0.2) is 29.2 Å². The number of ether oxygens (including phenoxy) is 1. The summed E-state index contributed by atoms with van der Waals surface area (Å²) in [7, 11) is 0. The van der Waals surface area contributed by atoms with E-state index < -0.39 is 34.9 Å². The Kier molecular flexibility index (Phi) is 7.22. The molecule has 1 aliphatic rings. The normalized spacial score (nSPS) is 14.5. The summed E-state index contributed by atoms with van der Waals surface area (Å²) in [6.07, 6.45) is 2.69. The molecule has 0 saturated carbocycles. The van der Waals surface area contributed by atoms with Crippen molar-refractivity contribution in [2.45, 2.75) is 25.3 Å². The molecule has 0 aliphatic heterocycles. The molecular formula is C26H21ClN2O6. The van der Waals surface area contributed by atoms with Crippen molar-refractivity contribution >= 4 is 34.9 Å². The number of hydrogen-bond donors (Lipinski definition) is 1. The van der Waals surface area contributed by atoms with Gasteiger partial charge in [0.05, 0.1) is 16.5 Å². The van der Waals surface area contributed by atoms with Gasteiger partial charge in [-0.25, -0.2) is 4.79 Å². The highest BCUT2D eigenvalue weighted by molar-refractivity contribution is 6.33. The van der Waals surface area contributed by atoms with Gasteiger partial charge < -0.3 is 10.1 Å². The summed E-state index contributed by atoms with van der Waals surface area (Å²) in [5, 5.41) is 14.0. The summed E-state index contributed by atoms with van der Waals surface area (Å²) in [5.41, 5.74) is 1.78. The van der Waals surface area contributed by atoms with Crippen molar-refractivity contribution in [1.82, 2.24) is 5.32 Å². The number of nitrogens with one attached hydrogen (secondary N) is 1. The number of esters is 1. The first-order valence-corrected chi connectivity index (χ1v) is 11.3. The minimum absolute atomic E-state index is 0.00395. The molecule has 1 unspecified atom stereocenters. The molecule has 1 atom stereocenters. The Morgan fingerprint density at radius 3 is 2.51 bits per heavy atom. The average molecular weight is 493 g/mol. The molecule has 0 spiro atoms. The van der Waals surface area contributed by atoms with E-state index in [0.29, 0.717) is 0 Å². The molecule has 1 amide bonds. The van der Waals surface area contributed by atoms with Crippen molar-refractivity contribution < 1.29 is 24.0 Å². The fraction of sp³-hybridized carbons (Fsp3) is 0.192. The predicted molar refractivity (Wildman–Crippen MR) is 129 cm³/mol. The molecule has 0 heterocycles. The van der Waals surface area contributed by atoms with Crippen molar-refractivity contribution in [3.8, 4) is 0 Å².